The molecular weight excluding hydrogens is 298 g/mol. The van der Waals surface area contributed by atoms with Crippen LogP contribution in [-0.4, -0.2) is 32.0 Å². The Bertz CT molecular complexity index is 396. The first-order chi connectivity index (χ1) is 8.72. The second-order valence-corrected chi connectivity index (χ2v) is 4.46. The topological polar surface area (TPSA) is 50.7 Å². The van der Waals surface area contributed by atoms with E-state index in [9.17, 15) is 0 Å². The van der Waals surface area contributed by atoms with Crippen molar-refractivity contribution in [2.45, 2.75) is 6.54 Å². The second kappa shape index (κ2) is 8.13. The lowest BCUT2D eigenvalue weighted by Gasteiger charge is -2.13. The van der Waals surface area contributed by atoms with Gasteiger partial charge in [0, 0.05) is 13.1 Å². The highest BCUT2D eigenvalue weighted by molar-refractivity contribution is 9.10. The molecule has 0 saturated carbocycles. The molecule has 0 aliphatic carbocycles. The Morgan fingerprint density at radius 1 is 1.50 bits per heavy atom. The van der Waals surface area contributed by atoms with Crippen LogP contribution < -0.4 is 14.8 Å². The highest BCUT2D eigenvalue weighted by Gasteiger charge is 2.11. The van der Waals surface area contributed by atoms with Crippen LogP contribution >= 0.6 is 15.9 Å². The SMILES string of the molecule is C=CCOc1c(Br)cc(CNCCO)cc1OC. The average Bonchev–Trinajstić information content (AvgIpc) is 2.37. The van der Waals surface area contributed by atoms with E-state index in [2.05, 4.69) is 27.8 Å². The molecule has 1 aromatic carbocycles. The molecule has 2 N–H and O–H groups in total. The predicted molar refractivity (Wildman–Crippen MR) is 75.2 cm³/mol. The van der Waals surface area contributed by atoms with Crippen molar-refractivity contribution in [1.29, 1.82) is 0 Å². The molecule has 1 aromatic rings. The van der Waals surface area contributed by atoms with E-state index >= 15 is 0 Å². The maximum Gasteiger partial charge on any atom is 0.175 e. The lowest BCUT2D eigenvalue weighted by molar-refractivity contribution is 0.292. The molecule has 0 aromatic heterocycles. The molecule has 18 heavy (non-hydrogen) atoms. The quantitative estimate of drug-likeness (QED) is 0.570. The maximum absolute atomic E-state index is 8.72. The van der Waals surface area contributed by atoms with Gasteiger partial charge in [-0.05, 0) is 33.6 Å². The van der Waals surface area contributed by atoms with Gasteiger partial charge in [0.05, 0.1) is 18.2 Å². The first-order valence-electron chi connectivity index (χ1n) is 5.64. The van der Waals surface area contributed by atoms with Gasteiger partial charge in [0.15, 0.2) is 11.5 Å². The van der Waals surface area contributed by atoms with E-state index in [4.69, 9.17) is 14.6 Å². The number of methoxy groups -OCH3 is 1. The van der Waals surface area contributed by atoms with Crippen molar-refractivity contribution in [3.63, 3.8) is 0 Å². The summed E-state index contributed by atoms with van der Waals surface area (Å²) < 4.78 is 11.7. The van der Waals surface area contributed by atoms with Gasteiger partial charge in [-0.1, -0.05) is 12.7 Å². The highest BCUT2D eigenvalue weighted by Crippen LogP contribution is 2.36. The molecule has 0 fully saturated rings. The third kappa shape index (κ3) is 4.33. The molecule has 0 aliphatic heterocycles. The number of nitrogens with one attached hydrogen (secondary N) is 1. The van der Waals surface area contributed by atoms with Crippen LogP contribution in [0.15, 0.2) is 29.3 Å². The first kappa shape index (κ1) is 15.0. The number of hydrogen-bond donors (Lipinski definition) is 2. The fraction of sp³-hybridized carbons (Fsp3) is 0.385. The number of aliphatic hydroxyl groups is 1. The van der Waals surface area contributed by atoms with Crippen LogP contribution in [0.5, 0.6) is 11.5 Å². The largest absolute Gasteiger partial charge is 0.493 e. The van der Waals surface area contributed by atoms with Crippen molar-refractivity contribution in [2.75, 3.05) is 26.9 Å². The zero-order chi connectivity index (χ0) is 13.4. The summed E-state index contributed by atoms with van der Waals surface area (Å²) in [7, 11) is 1.60. The number of rotatable bonds is 8. The van der Waals surface area contributed by atoms with Crippen LogP contribution in [-0.2, 0) is 6.54 Å². The van der Waals surface area contributed by atoms with Gasteiger partial charge in [-0.15, -0.1) is 0 Å². The van der Waals surface area contributed by atoms with E-state index in [1.165, 1.54) is 0 Å². The molecule has 1 rings (SSSR count). The summed E-state index contributed by atoms with van der Waals surface area (Å²) in [6.07, 6.45) is 1.68. The van der Waals surface area contributed by atoms with Crippen molar-refractivity contribution >= 4 is 15.9 Å². The fourth-order valence-corrected chi connectivity index (χ4v) is 2.07. The lowest BCUT2D eigenvalue weighted by Crippen LogP contribution is -2.17. The molecule has 0 amide bonds. The van der Waals surface area contributed by atoms with Gasteiger partial charge in [0.1, 0.15) is 6.61 Å². The Kier molecular flexibility index (Phi) is 6.78. The van der Waals surface area contributed by atoms with Crippen LogP contribution in [0.1, 0.15) is 5.56 Å². The maximum atomic E-state index is 8.72. The van der Waals surface area contributed by atoms with E-state index < -0.39 is 0 Å². The summed E-state index contributed by atoms with van der Waals surface area (Å²) in [6, 6.07) is 3.87. The van der Waals surface area contributed by atoms with Crippen molar-refractivity contribution in [1.82, 2.24) is 5.32 Å². The molecule has 0 atom stereocenters. The first-order valence-corrected chi connectivity index (χ1v) is 6.44. The Morgan fingerprint density at radius 2 is 2.28 bits per heavy atom. The number of halogens is 1. The molecule has 0 aliphatic rings. The molecule has 0 saturated heterocycles. The van der Waals surface area contributed by atoms with Gasteiger partial charge in [-0.3, -0.25) is 0 Å². The monoisotopic (exact) mass is 315 g/mol. The van der Waals surface area contributed by atoms with Crippen LogP contribution in [0.4, 0.5) is 0 Å². The summed E-state index contributed by atoms with van der Waals surface area (Å²) in [5.74, 6) is 1.34. The van der Waals surface area contributed by atoms with Crippen LogP contribution in [0, 0.1) is 0 Å². The Hall–Kier alpha value is -1.04. The van der Waals surface area contributed by atoms with Crippen molar-refractivity contribution in [2.24, 2.45) is 0 Å². The average molecular weight is 316 g/mol. The minimum Gasteiger partial charge on any atom is -0.493 e. The normalized spacial score (nSPS) is 10.2. The Balaban J connectivity index is 2.84. The molecule has 4 nitrogen and oxygen atoms in total. The minimum absolute atomic E-state index is 0.124. The van der Waals surface area contributed by atoms with Crippen molar-refractivity contribution < 1.29 is 14.6 Å². The zero-order valence-electron chi connectivity index (χ0n) is 10.4. The molecule has 100 valence electrons. The fourth-order valence-electron chi connectivity index (χ4n) is 1.47. The summed E-state index contributed by atoms with van der Waals surface area (Å²) >= 11 is 3.46. The van der Waals surface area contributed by atoms with Crippen molar-refractivity contribution in [3.8, 4) is 11.5 Å². The third-order valence-electron chi connectivity index (χ3n) is 2.25. The Labute approximate surface area is 116 Å². The van der Waals surface area contributed by atoms with Gasteiger partial charge >= 0.3 is 0 Å². The number of hydrogen-bond acceptors (Lipinski definition) is 4. The third-order valence-corrected chi connectivity index (χ3v) is 2.84. The number of benzene rings is 1. The standard InChI is InChI=1S/C13H18BrNO3/c1-3-6-18-13-11(14)7-10(8-12(13)17-2)9-15-4-5-16/h3,7-8,15-16H,1,4-6,9H2,2H3. The lowest BCUT2D eigenvalue weighted by atomic mass is 10.2. The summed E-state index contributed by atoms with van der Waals surface area (Å²) in [5, 5.41) is 11.8. The van der Waals surface area contributed by atoms with Gasteiger partial charge in [-0.25, -0.2) is 0 Å². The zero-order valence-corrected chi connectivity index (χ0v) is 12.0. The van der Waals surface area contributed by atoms with Crippen LogP contribution in [0.25, 0.3) is 0 Å². The number of aliphatic hydroxyl groups excluding tert-OH is 1. The summed E-state index contributed by atoms with van der Waals surface area (Å²) in [6.45, 7) is 5.39. The van der Waals surface area contributed by atoms with Gasteiger partial charge in [-0.2, -0.15) is 0 Å². The molecule has 0 radical (unpaired) electrons. The highest BCUT2D eigenvalue weighted by atomic mass is 79.9. The van der Waals surface area contributed by atoms with Gasteiger partial charge in [0.25, 0.3) is 0 Å². The number of ether oxygens (including phenoxy) is 2. The second-order valence-electron chi connectivity index (χ2n) is 3.61. The molecule has 0 spiro atoms. The molecule has 5 heteroatoms. The molecule has 0 bridgehead atoms. The van der Waals surface area contributed by atoms with Crippen LogP contribution in [0.2, 0.25) is 0 Å². The van der Waals surface area contributed by atoms with E-state index in [1.54, 1.807) is 13.2 Å². The molecular formula is C13H18BrNO3. The van der Waals surface area contributed by atoms with Gasteiger partial charge < -0.3 is 19.9 Å². The van der Waals surface area contributed by atoms with Crippen LogP contribution in [0.3, 0.4) is 0 Å². The summed E-state index contributed by atoms with van der Waals surface area (Å²) in [5.41, 5.74) is 1.05. The van der Waals surface area contributed by atoms with E-state index in [0.717, 1.165) is 10.0 Å². The Morgan fingerprint density at radius 3 is 2.89 bits per heavy atom. The van der Waals surface area contributed by atoms with E-state index in [0.29, 0.717) is 31.2 Å². The minimum atomic E-state index is 0.124. The van der Waals surface area contributed by atoms with E-state index in [-0.39, 0.29) is 6.61 Å². The van der Waals surface area contributed by atoms with Crippen molar-refractivity contribution in [3.05, 3.63) is 34.8 Å². The molecule has 0 heterocycles. The molecule has 0 unspecified atom stereocenters. The smallest absolute Gasteiger partial charge is 0.175 e. The predicted octanol–water partition coefficient (Wildman–Crippen LogP) is 2.10. The van der Waals surface area contributed by atoms with Gasteiger partial charge in [0.2, 0.25) is 0 Å². The summed E-state index contributed by atoms with van der Waals surface area (Å²) in [4.78, 5) is 0. The van der Waals surface area contributed by atoms with E-state index in [1.807, 2.05) is 12.1 Å².